The predicted molar refractivity (Wildman–Crippen MR) is 26.7 cm³/mol. The highest BCUT2D eigenvalue weighted by molar-refractivity contribution is 5.26. The topological polar surface area (TPSA) is 21.9 Å². The zero-order chi connectivity index (χ0) is 7.07. The maximum atomic E-state index is 11.6. The van der Waals surface area contributed by atoms with Crippen molar-refractivity contribution in [3.05, 3.63) is 11.8 Å². The van der Waals surface area contributed by atoms with Crippen LogP contribution < -0.4 is 5.32 Å². The minimum Gasteiger partial charge on any atom is -0.371 e. The van der Waals surface area contributed by atoms with E-state index in [0.717, 1.165) is 0 Å². The summed E-state index contributed by atoms with van der Waals surface area (Å²) < 4.78 is 34.7. The normalized spacial score (nSPS) is 30.2. The van der Waals surface area contributed by atoms with Crippen LogP contribution >= 0.6 is 0 Å². The molecule has 0 radical (unpaired) electrons. The molecule has 0 unspecified atom stereocenters. The van der Waals surface area contributed by atoms with Gasteiger partial charge in [0.15, 0.2) is 6.04 Å². The van der Waals surface area contributed by atoms with Gasteiger partial charge in [-0.3, -0.25) is 0 Å². The average Bonchev–Trinajstić information content (AvgIpc) is 2.39. The first-order valence-electron chi connectivity index (χ1n) is 2.55. The summed E-state index contributed by atoms with van der Waals surface area (Å²) in [5.41, 5.74) is 0.280. The monoisotopic (exact) mass is 137 g/mol. The third-order valence-corrected chi connectivity index (χ3v) is 1.18. The maximum absolute atomic E-state index is 11.6. The molecule has 1 saturated heterocycles. The van der Waals surface area contributed by atoms with E-state index in [1.165, 1.54) is 6.08 Å². The van der Waals surface area contributed by atoms with Gasteiger partial charge in [-0.25, -0.2) is 0 Å². The molecule has 0 aromatic rings. The predicted octanol–water partition coefficient (Wildman–Crippen LogP) is 1.42. The molecular formula is C5H6F3N. The maximum Gasteiger partial charge on any atom is 0.414 e. The van der Waals surface area contributed by atoms with Crippen LogP contribution in [0.2, 0.25) is 0 Å². The second kappa shape index (κ2) is 1.65. The molecule has 0 aliphatic carbocycles. The summed E-state index contributed by atoms with van der Waals surface area (Å²) >= 11 is 0. The van der Waals surface area contributed by atoms with Crippen molar-refractivity contribution in [2.45, 2.75) is 19.1 Å². The van der Waals surface area contributed by atoms with Gasteiger partial charge in [0.1, 0.15) is 0 Å². The molecule has 0 spiro atoms. The van der Waals surface area contributed by atoms with Crippen LogP contribution in [0.15, 0.2) is 11.8 Å². The van der Waals surface area contributed by atoms with E-state index in [1.807, 2.05) is 0 Å². The minimum atomic E-state index is -4.10. The summed E-state index contributed by atoms with van der Waals surface area (Å²) in [5.74, 6) is 0. The zero-order valence-corrected chi connectivity index (χ0v) is 4.79. The fourth-order valence-corrected chi connectivity index (χ4v) is 0.633. The second-order valence-electron chi connectivity index (χ2n) is 1.86. The van der Waals surface area contributed by atoms with E-state index in [1.54, 1.807) is 6.92 Å². The smallest absolute Gasteiger partial charge is 0.371 e. The Hall–Kier alpha value is -0.670. The summed E-state index contributed by atoms with van der Waals surface area (Å²) in [6, 6.07) is -1.36. The van der Waals surface area contributed by atoms with Crippen LogP contribution in [-0.4, -0.2) is 12.2 Å². The molecule has 0 bridgehead atoms. The Morgan fingerprint density at radius 1 is 1.56 bits per heavy atom. The van der Waals surface area contributed by atoms with Gasteiger partial charge >= 0.3 is 6.18 Å². The first-order chi connectivity index (χ1) is 4.05. The van der Waals surface area contributed by atoms with Crippen molar-refractivity contribution in [3.63, 3.8) is 0 Å². The molecule has 1 rings (SSSR count). The Balaban J connectivity index is 2.52. The Bertz CT molecular complexity index is 147. The van der Waals surface area contributed by atoms with Crippen LogP contribution in [0.3, 0.4) is 0 Å². The molecular weight excluding hydrogens is 131 g/mol. The highest BCUT2D eigenvalue weighted by Gasteiger charge is 2.51. The van der Waals surface area contributed by atoms with E-state index in [-0.39, 0.29) is 5.70 Å². The van der Waals surface area contributed by atoms with Gasteiger partial charge < -0.3 is 5.32 Å². The molecule has 1 N–H and O–H groups in total. The lowest BCUT2D eigenvalue weighted by Gasteiger charge is -1.97. The highest BCUT2D eigenvalue weighted by Crippen LogP contribution is 2.33. The Labute approximate surface area is 50.6 Å². The number of nitrogens with one attached hydrogen (secondary N) is 1. The lowest BCUT2D eigenvalue weighted by Crippen LogP contribution is -2.18. The number of rotatable bonds is 0. The van der Waals surface area contributed by atoms with Crippen molar-refractivity contribution in [1.82, 2.24) is 5.32 Å². The number of halogens is 3. The van der Waals surface area contributed by atoms with Crippen molar-refractivity contribution in [3.8, 4) is 0 Å². The van der Waals surface area contributed by atoms with Crippen molar-refractivity contribution < 1.29 is 13.2 Å². The lowest BCUT2D eigenvalue weighted by molar-refractivity contribution is -0.126. The number of alkyl halides is 3. The van der Waals surface area contributed by atoms with Crippen molar-refractivity contribution in [2.75, 3.05) is 0 Å². The van der Waals surface area contributed by atoms with Gasteiger partial charge in [0.2, 0.25) is 0 Å². The average molecular weight is 137 g/mol. The van der Waals surface area contributed by atoms with Crippen molar-refractivity contribution >= 4 is 0 Å². The fraction of sp³-hybridized carbons (Fsp3) is 0.600. The Morgan fingerprint density at radius 3 is 2.22 bits per heavy atom. The van der Waals surface area contributed by atoms with Crippen LogP contribution in [0.4, 0.5) is 13.2 Å². The van der Waals surface area contributed by atoms with Crippen molar-refractivity contribution in [2.24, 2.45) is 0 Å². The minimum absolute atomic E-state index is 0.280. The van der Waals surface area contributed by atoms with Crippen LogP contribution in [0.25, 0.3) is 0 Å². The van der Waals surface area contributed by atoms with Gasteiger partial charge in [-0.2, -0.15) is 13.2 Å². The molecule has 1 atom stereocenters. The van der Waals surface area contributed by atoms with Crippen LogP contribution in [0, 0.1) is 0 Å². The molecule has 0 aromatic heterocycles. The Kier molecular flexibility index (Phi) is 1.18. The van der Waals surface area contributed by atoms with Gasteiger partial charge in [-0.1, -0.05) is 6.08 Å². The van der Waals surface area contributed by atoms with Crippen LogP contribution in [0.5, 0.6) is 0 Å². The van der Waals surface area contributed by atoms with E-state index in [4.69, 9.17) is 0 Å². The largest absolute Gasteiger partial charge is 0.414 e. The molecule has 1 fully saturated rings. The van der Waals surface area contributed by atoms with Gasteiger partial charge in [-0.15, -0.1) is 0 Å². The van der Waals surface area contributed by atoms with E-state index >= 15 is 0 Å². The molecule has 1 nitrogen and oxygen atoms in total. The summed E-state index contributed by atoms with van der Waals surface area (Å²) in [5, 5.41) is 2.19. The number of hydrogen-bond acceptors (Lipinski definition) is 1. The third-order valence-electron chi connectivity index (χ3n) is 1.18. The molecule has 1 aliphatic heterocycles. The first kappa shape index (κ1) is 6.45. The van der Waals surface area contributed by atoms with E-state index in [2.05, 4.69) is 5.32 Å². The van der Waals surface area contributed by atoms with Crippen LogP contribution in [-0.2, 0) is 0 Å². The molecule has 0 aromatic carbocycles. The first-order valence-corrected chi connectivity index (χ1v) is 2.55. The molecule has 52 valence electrons. The Morgan fingerprint density at radius 2 is 2.11 bits per heavy atom. The number of hydrogen-bond donors (Lipinski definition) is 1. The molecule has 1 heterocycles. The summed E-state index contributed by atoms with van der Waals surface area (Å²) in [4.78, 5) is 0. The van der Waals surface area contributed by atoms with Gasteiger partial charge in [0.25, 0.3) is 0 Å². The fourth-order valence-electron chi connectivity index (χ4n) is 0.633. The second-order valence-corrected chi connectivity index (χ2v) is 1.86. The quantitative estimate of drug-likeness (QED) is 0.501. The zero-order valence-electron chi connectivity index (χ0n) is 4.79. The van der Waals surface area contributed by atoms with Crippen molar-refractivity contribution in [1.29, 1.82) is 0 Å². The van der Waals surface area contributed by atoms with Gasteiger partial charge in [0, 0.05) is 5.70 Å². The molecule has 0 saturated carbocycles. The molecule has 1 aliphatic rings. The van der Waals surface area contributed by atoms with Gasteiger partial charge in [-0.05, 0) is 6.92 Å². The summed E-state index contributed by atoms with van der Waals surface area (Å²) in [6.45, 7) is 1.58. The third kappa shape index (κ3) is 1.17. The molecule has 4 heteroatoms. The highest BCUT2D eigenvalue weighted by atomic mass is 19.4. The molecule has 0 amide bonds. The number of allylic oxidation sites excluding steroid dienone is 1. The van der Waals surface area contributed by atoms with Gasteiger partial charge in [0.05, 0.1) is 0 Å². The lowest BCUT2D eigenvalue weighted by atomic mass is 10.4. The standard InChI is InChI=1S/C5H6F3N/c1-2-3-4(9-3)5(6,7)8/h2,4,9H,1H3/b3-2+/t4-/m1/s1. The van der Waals surface area contributed by atoms with Crippen LogP contribution in [0.1, 0.15) is 6.92 Å². The van der Waals surface area contributed by atoms with E-state index in [9.17, 15) is 13.2 Å². The molecule has 9 heavy (non-hydrogen) atoms. The summed E-state index contributed by atoms with van der Waals surface area (Å²) in [6.07, 6.45) is -2.67. The summed E-state index contributed by atoms with van der Waals surface area (Å²) in [7, 11) is 0. The SMILES string of the molecule is C/C=C1/N[C@H]1C(F)(F)F. The van der Waals surface area contributed by atoms with E-state index < -0.39 is 12.2 Å². The van der Waals surface area contributed by atoms with E-state index in [0.29, 0.717) is 0 Å².